The van der Waals surface area contributed by atoms with Gasteiger partial charge in [-0.05, 0) is 16.7 Å². The highest BCUT2D eigenvalue weighted by Gasteiger charge is 2.10. The SMILES string of the molecule is O=S(=O)(Cc1ccccc1)NCc1cccc(CO)c1. The van der Waals surface area contributed by atoms with E-state index in [0.29, 0.717) is 0 Å². The minimum atomic E-state index is -3.36. The predicted molar refractivity (Wildman–Crippen MR) is 78.3 cm³/mol. The van der Waals surface area contributed by atoms with Gasteiger partial charge in [0.1, 0.15) is 0 Å². The molecule has 0 spiro atoms. The zero-order valence-electron chi connectivity index (χ0n) is 11.0. The van der Waals surface area contributed by atoms with Gasteiger partial charge in [0.15, 0.2) is 0 Å². The third-order valence-corrected chi connectivity index (χ3v) is 4.17. The Morgan fingerprint density at radius 3 is 2.25 bits per heavy atom. The van der Waals surface area contributed by atoms with Gasteiger partial charge in [-0.3, -0.25) is 0 Å². The first-order valence-corrected chi connectivity index (χ1v) is 7.94. The van der Waals surface area contributed by atoms with Crippen molar-refractivity contribution in [1.29, 1.82) is 0 Å². The maximum atomic E-state index is 12.0. The highest BCUT2D eigenvalue weighted by atomic mass is 32.2. The van der Waals surface area contributed by atoms with E-state index in [1.807, 2.05) is 24.3 Å². The first kappa shape index (κ1) is 14.7. The lowest BCUT2D eigenvalue weighted by Gasteiger charge is -2.08. The molecule has 0 heterocycles. The molecule has 0 bridgehead atoms. The highest BCUT2D eigenvalue weighted by molar-refractivity contribution is 7.88. The molecule has 2 aromatic rings. The molecule has 0 saturated heterocycles. The van der Waals surface area contributed by atoms with Crippen LogP contribution in [0.2, 0.25) is 0 Å². The summed E-state index contributed by atoms with van der Waals surface area (Å²) in [6.07, 6.45) is 0. The largest absolute Gasteiger partial charge is 0.392 e. The molecule has 106 valence electrons. The lowest BCUT2D eigenvalue weighted by atomic mass is 10.1. The molecule has 2 aromatic carbocycles. The monoisotopic (exact) mass is 291 g/mol. The second-order valence-electron chi connectivity index (χ2n) is 4.54. The summed E-state index contributed by atoms with van der Waals surface area (Å²) in [5.74, 6) is -0.0342. The molecule has 2 N–H and O–H groups in total. The van der Waals surface area contributed by atoms with Crippen molar-refractivity contribution in [3.63, 3.8) is 0 Å². The summed E-state index contributed by atoms with van der Waals surface area (Å²) < 4.78 is 26.5. The van der Waals surface area contributed by atoms with Gasteiger partial charge < -0.3 is 5.11 Å². The maximum Gasteiger partial charge on any atom is 0.216 e. The number of aliphatic hydroxyl groups is 1. The van der Waals surface area contributed by atoms with Crippen LogP contribution in [-0.4, -0.2) is 13.5 Å². The van der Waals surface area contributed by atoms with Gasteiger partial charge in [0.05, 0.1) is 12.4 Å². The molecule has 0 amide bonds. The molecular formula is C15H17NO3S. The van der Waals surface area contributed by atoms with Crippen molar-refractivity contribution < 1.29 is 13.5 Å². The maximum absolute atomic E-state index is 12.0. The van der Waals surface area contributed by atoms with Gasteiger partial charge in [0.25, 0.3) is 0 Å². The molecule has 0 aromatic heterocycles. The predicted octanol–water partition coefficient (Wildman–Crippen LogP) is 1.80. The Bertz CT molecular complexity index is 654. The molecule has 20 heavy (non-hydrogen) atoms. The topological polar surface area (TPSA) is 66.4 Å². The van der Waals surface area contributed by atoms with E-state index in [-0.39, 0.29) is 18.9 Å². The van der Waals surface area contributed by atoms with Crippen molar-refractivity contribution in [2.45, 2.75) is 18.9 Å². The quantitative estimate of drug-likeness (QED) is 0.853. The van der Waals surface area contributed by atoms with Crippen LogP contribution in [0, 0.1) is 0 Å². The molecule has 0 aliphatic heterocycles. The van der Waals surface area contributed by atoms with Crippen LogP contribution in [0.1, 0.15) is 16.7 Å². The second kappa shape index (κ2) is 6.65. The van der Waals surface area contributed by atoms with E-state index < -0.39 is 10.0 Å². The summed E-state index contributed by atoms with van der Waals surface area (Å²) in [7, 11) is -3.36. The van der Waals surface area contributed by atoms with Crippen LogP contribution in [0.4, 0.5) is 0 Å². The Balaban J connectivity index is 1.98. The minimum Gasteiger partial charge on any atom is -0.392 e. The Kier molecular flexibility index (Phi) is 4.89. The molecule has 0 aliphatic carbocycles. The first-order valence-electron chi connectivity index (χ1n) is 6.29. The van der Waals surface area contributed by atoms with E-state index in [1.54, 1.807) is 30.3 Å². The Morgan fingerprint density at radius 1 is 0.900 bits per heavy atom. The van der Waals surface area contributed by atoms with E-state index in [2.05, 4.69) is 4.72 Å². The molecule has 4 nitrogen and oxygen atoms in total. The highest BCUT2D eigenvalue weighted by Crippen LogP contribution is 2.08. The molecule has 5 heteroatoms. The number of nitrogens with one attached hydrogen (secondary N) is 1. The van der Waals surface area contributed by atoms with Crippen molar-refractivity contribution >= 4 is 10.0 Å². The Morgan fingerprint density at radius 2 is 1.55 bits per heavy atom. The Hall–Kier alpha value is -1.69. The van der Waals surface area contributed by atoms with Crippen LogP contribution in [0.15, 0.2) is 54.6 Å². The van der Waals surface area contributed by atoms with Crippen LogP contribution in [0.25, 0.3) is 0 Å². The van der Waals surface area contributed by atoms with Gasteiger partial charge in [0, 0.05) is 6.54 Å². The Labute approximate surface area is 119 Å². The third kappa shape index (κ3) is 4.45. The molecule has 0 saturated carbocycles. The number of benzene rings is 2. The molecule has 2 rings (SSSR count). The second-order valence-corrected chi connectivity index (χ2v) is 6.35. The molecule has 0 unspecified atom stereocenters. The molecule has 0 radical (unpaired) electrons. The smallest absolute Gasteiger partial charge is 0.216 e. The summed E-state index contributed by atoms with van der Waals surface area (Å²) in [5.41, 5.74) is 2.35. The van der Waals surface area contributed by atoms with Gasteiger partial charge in [0.2, 0.25) is 10.0 Å². The number of rotatable bonds is 6. The number of hydrogen-bond donors (Lipinski definition) is 2. The number of hydrogen-bond acceptors (Lipinski definition) is 3. The fourth-order valence-electron chi connectivity index (χ4n) is 1.88. The third-order valence-electron chi connectivity index (χ3n) is 2.87. The number of sulfonamides is 1. The summed E-state index contributed by atoms with van der Waals surface area (Å²) >= 11 is 0. The van der Waals surface area contributed by atoms with Crippen LogP contribution in [0.5, 0.6) is 0 Å². The van der Waals surface area contributed by atoms with E-state index >= 15 is 0 Å². The van der Waals surface area contributed by atoms with E-state index in [4.69, 9.17) is 5.11 Å². The zero-order valence-corrected chi connectivity index (χ0v) is 11.8. The normalized spacial score (nSPS) is 11.4. The van der Waals surface area contributed by atoms with Crippen molar-refractivity contribution in [1.82, 2.24) is 4.72 Å². The van der Waals surface area contributed by atoms with E-state index in [9.17, 15) is 8.42 Å². The fraction of sp³-hybridized carbons (Fsp3) is 0.200. The van der Waals surface area contributed by atoms with Crippen molar-refractivity contribution in [2.24, 2.45) is 0 Å². The standard InChI is InChI=1S/C15H17NO3S/c17-11-15-8-4-7-14(9-15)10-16-20(18,19)12-13-5-2-1-3-6-13/h1-9,16-17H,10-12H2. The zero-order chi connectivity index (χ0) is 14.4. The van der Waals surface area contributed by atoms with Gasteiger partial charge in [-0.25, -0.2) is 13.1 Å². The molecule has 0 aliphatic rings. The van der Waals surface area contributed by atoms with Gasteiger partial charge in [-0.1, -0.05) is 54.6 Å². The summed E-state index contributed by atoms with van der Waals surface area (Å²) in [4.78, 5) is 0. The first-order chi connectivity index (χ1) is 9.59. The van der Waals surface area contributed by atoms with E-state index in [0.717, 1.165) is 16.7 Å². The summed E-state index contributed by atoms with van der Waals surface area (Å²) in [6, 6.07) is 16.2. The van der Waals surface area contributed by atoms with Crippen LogP contribution in [-0.2, 0) is 28.9 Å². The summed E-state index contributed by atoms with van der Waals surface area (Å²) in [6.45, 7) is 0.174. The van der Waals surface area contributed by atoms with Gasteiger partial charge in [-0.2, -0.15) is 0 Å². The van der Waals surface area contributed by atoms with Crippen molar-refractivity contribution in [3.8, 4) is 0 Å². The average Bonchev–Trinajstić information content (AvgIpc) is 2.46. The van der Waals surface area contributed by atoms with Crippen LogP contribution >= 0.6 is 0 Å². The minimum absolute atomic E-state index is 0.0342. The molecular weight excluding hydrogens is 274 g/mol. The lowest BCUT2D eigenvalue weighted by Crippen LogP contribution is -2.24. The van der Waals surface area contributed by atoms with Gasteiger partial charge >= 0.3 is 0 Å². The lowest BCUT2D eigenvalue weighted by molar-refractivity contribution is 0.281. The number of aliphatic hydroxyl groups excluding tert-OH is 1. The van der Waals surface area contributed by atoms with Crippen LogP contribution in [0.3, 0.4) is 0 Å². The van der Waals surface area contributed by atoms with Crippen molar-refractivity contribution in [3.05, 3.63) is 71.3 Å². The molecule has 0 fully saturated rings. The van der Waals surface area contributed by atoms with Gasteiger partial charge in [-0.15, -0.1) is 0 Å². The fourth-order valence-corrected chi connectivity index (χ4v) is 3.00. The average molecular weight is 291 g/mol. The van der Waals surface area contributed by atoms with Crippen LogP contribution < -0.4 is 4.72 Å². The molecule has 0 atom stereocenters. The van der Waals surface area contributed by atoms with Crippen molar-refractivity contribution in [2.75, 3.05) is 0 Å². The van der Waals surface area contributed by atoms with E-state index in [1.165, 1.54) is 0 Å². The summed E-state index contributed by atoms with van der Waals surface area (Å²) in [5, 5.41) is 9.05.